The van der Waals surface area contributed by atoms with Crippen molar-refractivity contribution in [1.82, 2.24) is 0 Å². The SMILES string of the molecule is CCC[Si](Br)(CCC)CCCC#N. The molecule has 13 heavy (non-hydrogen) atoms. The smallest absolute Gasteiger partial charge is 0.130 e. The van der Waals surface area contributed by atoms with Gasteiger partial charge in [0.25, 0.3) is 0 Å². The molecule has 0 heterocycles. The summed E-state index contributed by atoms with van der Waals surface area (Å²) in [7, 11) is 0. The first kappa shape index (κ1) is 13.2. The van der Waals surface area contributed by atoms with Gasteiger partial charge in [0.2, 0.25) is 0 Å². The summed E-state index contributed by atoms with van der Waals surface area (Å²) in [5, 5.41) is 8.47. The molecule has 0 N–H and O–H groups in total. The van der Waals surface area contributed by atoms with Crippen LogP contribution in [0.2, 0.25) is 18.1 Å². The first-order valence-corrected chi connectivity index (χ1v) is 10.1. The van der Waals surface area contributed by atoms with Gasteiger partial charge in [-0.25, -0.2) is 0 Å². The summed E-state index contributed by atoms with van der Waals surface area (Å²) in [4.78, 5) is 0. The lowest BCUT2D eigenvalue weighted by Crippen LogP contribution is -2.25. The zero-order chi connectivity index (χ0) is 10.2. The molecule has 1 nitrogen and oxygen atoms in total. The van der Waals surface area contributed by atoms with Crippen LogP contribution in [0.1, 0.15) is 39.5 Å². The molecular weight excluding hydrogens is 242 g/mol. The lowest BCUT2D eigenvalue weighted by atomic mass is 10.4. The summed E-state index contributed by atoms with van der Waals surface area (Å²) < 4.78 is 0. The van der Waals surface area contributed by atoms with E-state index in [0.717, 1.165) is 12.8 Å². The monoisotopic (exact) mass is 261 g/mol. The molecule has 0 aromatic rings. The van der Waals surface area contributed by atoms with Gasteiger partial charge in [0, 0.05) is 6.42 Å². The summed E-state index contributed by atoms with van der Waals surface area (Å²) >= 11 is 3.97. The Morgan fingerprint density at radius 2 is 1.69 bits per heavy atom. The van der Waals surface area contributed by atoms with Crippen molar-refractivity contribution in [2.24, 2.45) is 0 Å². The van der Waals surface area contributed by atoms with Crippen molar-refractivity contribution in [3.05, 3.63) is 0 Å². The third kappa shape index (κ3) is 6.28. The van der Waals surface area contributed by atoms with Gasteiger partial charge in [-0.15, -0.1) is 15.3 Å². The number of unbranched alkanes of at least 4 members (excludes halogenated alkanes) is 1. The summed E-state index contributed by atoms with van der Waals surface area (Å²) in [6, 6.07) is 6.24. The molecule has 0 saturated heterocycles. The fraction of sp³-hybridized carbons (Fsp3) is 0.900. The Hall–Kier alpha value is 0.187. The first-order chi connectivity index (χ1) is 6.18. The highest BCUT2D eigenvalue weighted by Crippen LogP contribution is 2.32. The van der Waals surface area contributed by atoms with Gasteiger partial charge in [-0.1, -0.05) is 26.7 Å². The van der Waals surface area contributed by atoms with Gasteiger partial charge in [-0.2, -0.15) is 5.26 Å². The molecule has 0 spiro atoms. The van der Waals surface area contributed by atoms with Crippen molar-refractivity contribution in [3.63, 3.8) is 0 Å². The normalized spacial score (nSPS) is 11.2. The quantitative estimate of drug-likeness (QED) is 0.378. The van der Waals surface area contributed by atoms with Gasteiger partial charge in [-0.3, -0.25) is 0 Å². The van der Waals surface area contributed by atoms with Crippen LogP contribution in [0.15, 0.2) is 0 Å². The maximum absolute atomic E-state index is 8.47. The number of hydrogen-bond acceptors (Lipinski definition) is 1. The van der Waals surface area contributed by atoms with Crippen molar-refractivity contribution >= 4 is 22.0 Å². The second kappa shape index (κ2) is 7.58. The van der Waals surface area contributed by atoms with Gasteiger partial charge in [0.05, 0.1) is 6.07 Å². The van der Waals surface area contributed by atoms with Crippen LogP contribution in [-0.2, 0) is 0 Å². The lowest BCUT2D eigenvalue weighted by molar-refractivity contribution is 0.908. The molecule has 76 valence electrons. The summed E-state index contributed by atoms with van der Waals surface area (Å²) in [6.45, 7) is 3.38. The highest BCUT2D eigenvalue weighted by Gasteiger charge is 2.26. The highest BCUT2D eigenvalue weighted by atomic mass is 79.9. The van der Waals surface area contributed by atoms with Gasteiger partial charge >= 0.3 is 0 Å². The Morgan fingerprint density at radius 3 is 2.08 bits per heavy atom. The predicted molar refractivity (Wildman–Crippen MR) is 64.5 cm³/mol. The number of hydrogen-bond donors (Lipinski definition) is 0. The molecule has 0 fully saturated rings. The molecule has 0 aliphatic rings. The molecule has 0 saturated carbocycles. The van der Waals surface area contributed by atoms with Crippen molar-refractivity contribution in [2.45, 2.75) is 57.7 Å². The van der Waals surface area contributed by atoms with E-state index < -0.39 is 6.69 Å². The zero-order valence-corrected chi connectivity index (χ0v) is 11.4. The molecule has 0 bridgehead atoms. The minimum atomic E-state index is -1.13. The predicted octanol–water partition coefficient (Wildman–Crippen LogP) is 4.45. The maximum Gasteiger partial charge on any atom is 0.130 e. The van der Waals surface area contributed by atoms with Crippen LogP contribution in [0.3, 0.4) is 0 Å². The van der Waals surface area contributed by atoms with E-state index in [1.54, 1.807) is 0 Å². The topological polar surface area (TPSA) is 23.8 Å². The van der Waals surface area contributed by atoms with Gasteiger partial charge < -0.3 is 0 Å². The van der Waals surface area contributed by atoms with E-state index in [1.807, 2.05) is 0 Å². The van der Waals surface area contributed by atoms with Crippen molar-refractivity contribution in [2.75, 3.05) is 0 Å². The van der Waals surface area contributed by atoms with Gasteiger partial charge in [0.1, 0.15) is 6.69 Å². The molecule has 0 aliphatic carbocycles. The van der Waals surface area contributed by atoms with E-state index in [2.05, 4.69) is 35.2 Å². The second-order valence-corrected chi connectivity index (χ2v) is 12.5. The van der Waals surface area contributed by atoms with E-state index in [9.17, 15) is 0 Å². The Balaban J connectivity index is 3.85. The number of nitriles is 1. The summed E-state index contributed by atoms with van der Waals surface area (Å²) in [5.41, 5.74) is 0. The molecule has 0 aliphatic heterocycles. The van der Waals surface area contributed by atoms with Crippen LogP contribution < -0.4 is 0 Å². The Labute approximate surface area is 91.1 Å². The Kier molecular flexibility index (Phi) is 7.69. The van der Waals surface area contributed by atoms with Crippen LogP contribution in [0.5, 0.6) is 0 Å². The van der Waals surface area contributed by atoms with Gasteiger partial charge in [-0.05, 0) is 24.6 Å². The molecule has 0 rings (SSSR count). The van der Waals surface area contributed by atoms with Gasteiger partial charge in [0.15, 0.2) is 0 Å². The van der Waals surface area contributed by atoms with Crippen LogP contribution in [-0.4, -0.2) is 6.69 Å². The van der Waals surface area contributed by atoms with Crippen LogP contribution in [0.4, 0.5) is 0 Å². The Morgan fingerprint density at radius 1 is 1.15 bits per heavy atom. The van der Waals surface area contributed by atoms with Crippen molar-refractivity contribution < 1.29 is 0 Å². The van der Waals surface area contributed by atoms with E-state index in [-0.39, 0.29) is 0 Å². The summed E-state index contributed by atoms with van der Waals surface area (Å²) in [5.74, 6) is 0. The number of rotatable bonds is 7. The molecule has 0 unspecified atom stereocenters. The lowest BCUT2D eigenvalue weighted by Gasteiger charge is -2.23. The van der Waals surface area contributed by atoms with Crippen molar-refractivity contribution in [1.29, 1.82) is 5.26 Å². The minimum absolute atomic E-state index is 0.730. The van der Waals surface area contributed by atoms with Crippen LogP contribution >= 0.6 is 15.3 Å². The molecule has 0 radical (unpaired) electrons. The molecule has 0 aromatic heterocycles. The molecule has 0 atom stereocenters. The molecule has 0 amide bonds. The minimum Gasteiger partial charge on any atom is -0.198 e. The number of nitrogens with zero attached hydrogens (tertiary/aromatic N) is 1. The van der Waals surface area contributed by atoms with E-state index in [1.165, 1.54) is 31.0 Å². The maximum atomic E-state index is 8.47. The largest absolute Gasteiger partial charge is 0.198 e. The van der Waals surface area contributed by atoms with E-state index >= 15 is 0 Å². The molecule has 3 heteroatoms. The standard InChI is InChI=1S/C10H20BrNSi/c1-3-8-13(11,9-4-2)10-6-5-7-12/h3-6,8-10H2,1-2H3. The van der Waals surface area contributed by atoms with E-state index in [4.69, 9.17) is 5.26 Å². The average molecular weight is 262 g/mol. The average Bonchev–Trinajstić information content (AvgIpc) is 2.05. The fourth-order valence-corrected chi connectivity index (χ4v) is 8.33. The van der Waals surface area contributed by atoms with Crippen molar-refractivity contribution in [3.8, 4) is 6.07 Å². The first-order valence-electron chi connectivity index (χ1n) is 5.24. The van der Waals surface area contributed by atoms with Crippen LogP contribution in [0, 0.1) is 11.3 Å². The Bertz CT molecular complexity index is 159. The van der Waals surface area contributed by atoms with E-state index in [0.29, 0.717) is 0 Å². The second-order valence-electron chi connectivity index (χ2n) is 3.66. The highest BCUT2D eigenvalue weighted by molar-refractivity contribution is 9.26. The number of halogens is 1. The zero-order valence-electron chi connectivity index (χ0n) is 8.77. The molecular formula is C10H20BrNSi. The third-order valence-corrected chi connectivity index (χ3v) is 9.92. The molecule has 0 aromatic carbocycles. The fourth-order valence-electron chi connectivity index (χ4n) is 1.76. The summed E-state index contributed by atoms with van der Waals surface area (Å²) in [6.07, 6.45) is 4.38. The third-order valence-electron chi connectivity index (χ3n) is 2.31. The van der Waals surface area contributed by atoms with Crippen LogP contribution in [0.25, 0.3) is 0 Å².